The molecule has 41 heavy (non-hydrogen) atoms. The van der Waals surface area contributed by atoms with Crippen molar-refractivity contribution in [1.82, 2.24) is 15.1 Å². The molecule has 1 aromatic rings. The van der Waals surface area contributed by atoms with Gasteiger partial charge in [0.1, 0.15) is 5.76 Å². The van der Waals surface area contributed by atoms with Gasteiger partial charge in [0.2, 0.25) is 0 Å². The van der Waals surface area contributed by atoms with E-state index in [-0.39, 0.29) is 34.4 Å². The number of Topliss-reactive ketones (excluding diaryl/α,β-unsaturated/α-hetero) is 1. The Morgan fingerprint density at radius 3 is 2.17 bits per heavy atom. The molecule has 0 radical (unpaired) electrons. The van der Waals surface area contributed by atoms with E-state index in [4.69, 9.17) is 0 Å². The van der Waals surface area contributed by atoms with E-state index in [0.717, 1.165) is 56.0 Å². The van der Waals surface area contributed by atoms with Crippen molar-refractivity contribution in [2.45, 2.75) is 89.0 Å². The summed E-state index contributed by atoms with van der Waals surface area (Å²) in [7, 11) is 0. The summed E-state index contributed by atoms with van der Waals surface area (Å²) in [6, 6.07) is 8.58. The number of piperazine rings is 1. The van der Waals surface area contributed by atoms with Crippen molar-refractivity contribution < 1.29 is 14.7 Å². The first-order valence-corrected chi connectivity index (χ1v) is 15.9. The van der Waals surface area contributed by atoms with Crippen LogP contribution < -0.4 is 5.32 Å². The molecule has 1 atom stereocenters. The largest absolute Gasteiger partial charge is 0.511 e. The maximum absolute atomic E-state index is 13.2. The summed E-state index contributed by atoms with van der Waals surface area (Å²) in [5.41, 5.74) is 2.87. The second-order valence-electron chi connectivity index (χ2n) is 14.8. The Morgan fingerprint density at radius 2 is 1.61 bits per heavy atom. The first-order valence-electron chi connectivity index (χ1n) is 15.9. The van der Waals surface area contributed by atoms with Crippen LogP contribution >= 0.6 is 0 Å². The first kappa shape index (κ1) is 28.4. The molecular weight excluding hydrogens is 512 g/mol. The van der Waals surface area contributed by atoms with Crippen molar-refractivity contribution in [2.24, 2.45) is 22.7 Å². The molecule has 5 fully saturated rings. The molecule has 5 aliphatic carbocycles. The number of carbonyl (C=O) groups excluding carboxylic acids is 2. The number of nitrogens with one attached hydrogen (secondary N) is 1. The fraction of sp³-hybridized carbons (Fsp3) is 0.676. The third-order valence-corrected chi connectivity index (χ3v) is 10.6. The number of hydrogen-bond acceptors (Lipinski definition) is 5. The predicted octanol–water partition coefficient (Wildman–Crippen LogP) is 5.61. The van der Waals surface area contributed by atoms with E-state index >= 15 is 0 Å². The average Bonchev–Trinajstić information content (AvgIpc) is 2.91. The molecule has 7 nitrogen and oxygen atoms in total. The fourth-order valence-corrected chi connectivity index (χ4v) is 8.65. The highest BCUT2D eigenvalue weighted by Gasteiger charge is 2.51. The number of rotatable bonds is 6. The molecule has 2 amide bonds. The van der Waals surface area contributed by atoms with Crippen molar-refractivity contribution >= 4 is 18.0 Å². The number of hydrogen-bond donors (Lipinski definition) is 2. The smallest absolute Gasteiger partial charge is 0.317 e. The van der Waals surface area contributed by atoms with Crippen molar-refractivity contribution in [3.05, 3.63) is 46.7 Å². The van der Waals surface area contributed by atoms with Crippen molar-refractivity contribution in [2.75, 3.05) is 39.3 Å². The number of aliphatic imine (C=N–C) groups is 1. The normalized spacial score (nSPS) is 32.3. The van der Waals surface area contributed by atoms with Gasteiger partial charge in [0.25, 0.3) is 0 Å². The Labute approximate surface area is 245 Å². The highest BCUT2D eigenvalue weighted by Crippen LogP contribution is 2.55. The Hall–Kier alpha value is -2.67. The van der Waals surface area contributed by atoms with Gasteiger partial charge in [-0.1, -0.05) is 45.0 Å². The van der Waals surface area contributed by atoms with E-state index in [0.29, 0.717) is 25.0 Å². The minimum absolute atomic E-state index is 0.00473. The van der Waals surface area contributed by atoms with Gasteiger partial charge in [-0.05, 0) is 78.7 Å². The zero-order valence-corrected chi connectivity index (χ0v) is 25.2. The highest BCUT2D eigenvalue weighted by molar-refractivity contribution is 6.14. The summed E-state index contributed by atoms with van der Waals surface area (Å²) in [5, 5.41) is 14.2. The van der Waals surface area contributed by atoms with Crippen molar-refractivity contribution in [3.63, 3.8) is 0 Å². The molecule has 4 bridgehead atoms. The topological polar surface area (TPSA) is 85.2 Å². The Morgan fingerprint density at radius 1 is 1.00 bits per heavy atom. The van der Waals surface area contributed by atoms with E-state index in [2.05, 4.69) is 60.2 Å². The number of aliphatic hydroxyl groups is 1. The Balaban J connectivity index is 0.946. The van der Waals surface area contributed by atoms with Gasteiger partial charge in [-0.25, -0.2) is 4.79 Å². The lowest BCUT2D eigenvalue weighted by molar-refractivity contribution is -0.116. The number of benzene rings is 1. The molecule has 0 aromatic heterocycles. The summed E-state index contributed by atoms with van der Waals surface area (Å²) < 4.78 is 0. The van der Waals surface area contributed by atoms with Gasteiger partial charge in [-0.2, -0.15) is 0 Å². The maximum atomic E-state index is 13.2. The molecule has 1 saturated heterocycles. The molecule has 222 valence electrons. The summed E-state index contributed by atoms with van der Waals surface area (Å²) in [4.78, 5) is 34.9. The van der Waals surface area contributed by atoms with E-state index in [1.807, 2.05) is 4.90 Å². The lowest BCUT2D eigenvalue weighted by Gasteiger charge is -2.57. The standard InChI is InChI=1S/C34H48N4O3/c1-33(2,3)28-6-4-26(5-7-28)27-17-30(39)29(31(40)18-27)22-35-8-9-37-10-12-38(13-11-37)32(41)36-34-19-23-14-24(20-34)16-25(15-23)21-34/h4-7,22-25,27,39H,8-21H2,1-3H3,(H,36,41). The molecule has 0 spiro atoms. The minimum atomic E-state index is -0.0407. The highest BCUT2D eigenvalue weighted by atomic mass is 16.3. The Kier molecular flexibility index (Phi) is 7.77. The number of urea groups is 1. The van der Waals surface area contributed by atoms with Gasteiger partial charge < -0.3 is 15.3 Å². The van der Waals surface area contributed by atoms with E-state index in [1.54, 1.807) is 6.21 Å². The molecule has 6 aliphatic rings. The average molecular weight is 561 g/mol. The van der Waals surface area contributed by atoms with Gasteiger partial charge in [0.15, 0.2) is 5.78 Å². The van der Waals surface area contributed by atoms with Crippen LogP contribution in [0.4, 0.5) is 4.79 Å². The lowest BCUT2D eigenvalue weighted by atomic mass is 9.53. The monoisotopic (exact) mass is 560 g/mol. The van der Waals surface area contributed by atoms with Gasteiger partial charge in [0, 0.05) is 57.3 Å². The van der Waals surface area contributed by atoms with Crippen LogP contribution in [0.2, 0.25) is 0 Å². The van der Waals surface area contributed by atoms with Crippen LogP contribution in [-0.2, 0) is 10.2 Å². The maximum Gasteiger partial charge on any atom is 0.317 e. The van der Waals surface area contributed by atoms with Crippen LogP contribution in [0.1, 0.15) is 89.2 Å². The first-order chi connectivity index (χ1) is 19.6. The van der Waals surface area contributed by atoms with Gasteiger partial charge in [0.05, 0.1) is 12.1 Å². The van der Waals surface area contributed by atoms with Crippen molar-refractivity contribution in [1.29, 1.82) is 0 Å². The number of amides is 2. The summed E-state index contributed by atoms with van der Waals surface area (Å²) in [5.74, 6) is 2.59. The molecule has 1 heterocycles. The van der Waals surface area contributed by atoms with Crippen LogP contribution in [0.3, 0.4) is 0 Å². The third-order valence-electron chi connectivity index (χ3n) is 10.6. The van der Waals surface area contributed by atoms with Crippen LogP contribution in [0.5, 0.6) is 0 Å². The van der Waals surface area contributed by atoms with Gasteiger partial charge in [-0.3, -0.25) is 14.7 Å². The van der Waals surface area contributed by atoms with Crippen molar-refractivity contribution in [3.8, 4) is 0 Å². The Bertz CT molecular complexity index is 1170. The summed E-state index contributed by atoms with van der Waals surface area (Å²) in [6.45, 7) is 11.1. The number of nitrogens with zero attached hydrogens (tertiary/aromatic N) is 3. The second kappa shape index (κ2) is 11.2. The number of ketones is 1. The quantitative estimate of drug-likeness (QED) is 0.443. The SMILES string of the molecule is CC(C)(C)c1ccc(C2CC(=O)C(C=NCCN3CCN(C(=O)NC45CC6CC(CC(C6)C4)C5)CC3)=C(O)C2)cc1. The number of aliphatic hydroxyl groups excluding tert-OH is 1. The molecule has 7 heteroatoms. The van der Waals surface area contributed by atoms with Crippen LogP contribution in [0.25, 0.3) is 0 Å². The van der Waals surface area contributed by atoms with Gasteiger partial charge in [-0.15, -0.1) is 0 Å². The number of allylic oxidation sites excluding steroid dienone is 2. The molecule has 7 rings (SSSR count). The third kappa shape index (κ3) is 6.25. The summed E-state index contributed by atoms with van der Waals surface area (Å²) >= 11 is 0. The minimum Gasteiger partial charge on any atom is -0.511 e. The molecule has 4 saturated carbocycles. The molecule has 1 unspecified atom stereocenters. The van der Waals surface area contributed by atoms with E-state index < -0.39 is 0 Å². The zero-order chi connectivity index (χ0) is 28.8. The van der Waals surface area contributed by atoms with Crippen LogP contribution in [0, 0.1) is 17.8 Å². The fourth-order valence-electron chi connectivity index (χ4n) is 8.65. The molecule has 1 aliphatic heterocycles. The molecule has 1 aromatic carbocycles. The summed E-state index contributed by atoms with van der Waals surface area (Å²) in [6.07, 6.45) is 10.1. The van der Waals surface area contributed by atoms with E-state index in [9.17, 15) is 14.7 Å². The van der Waals surface area contributed by atoms with Gasteiger partial charge >= 0.3 is 6.03 Å². The lowest BCUT2D eigenvalue weighted by Crippen LogP contribution is -2.63. The predicted molar refractivity (Wildman–Crippen MR) is 163 cm³/mol. The number of carbonyl (C=O) groups is 2. The second-order valence-corrected chi connectivity index (χ2v) is 14.8. The van der Waals surface area contributed by atoms with Crippen LogP contribution in [-0.4, -0.2) is 77.7 Å². The van der Waals surface area contributed by atoms with E-state index in [1.165, 1.54) is 44.1 Å². The van der Waals surface area contributed by atoms with Crippen LogP contribution in [0.15, 0.2) is 40.6 Å². The zero-order valence-electron chi connectivity index (χ0n) is 25.2. The molecular formula is C34H48N4O3. The molecule has 2 N–H and O–H groups in total.